The lowest BCUT2D eigenvalue weighted by molar-refractivity contribution is -0.118. The third-order valence-electron chi connectivity index (χ3n) is 4.13. The van der Waals surface area contributed by atoms with Crippen LogP contribution in [0.25, 0.3) is 12.2 Å². The van der Waals surface area contributed by atoms with Gasteiger partial charge in [0, 0.05) is 30.6 Å². The second-order valence-corrected chi connectivity index (χ2v) is 6.32. The molecule has 0 unspecified atom stereocenters. The van der Waals surface area contributed by atoms with Gasteiger partial charge in [-0.3, -0.25) is 4.79 Å². The highest BCUT2D eigenvalue weighted by molar-refractivity contribution is 5.97. The average Bonchev–Trinajstić information content (AvgIpc) is 3.05. The smallest absolute Gasteiger partial charge is 0.237 e. The van der Waals surface area contributed by atoms with Crippen molar-refractivity contribution in [1.29, 1.82) is 0 Å². The van der Waals surface area contributed by atoms with E-state index in [1.807, 2.05) is 24.3 Å². The van der Waals surface area contributed by atoms with Gasteiger partial charge in [0.1, 0.15) is 0 Å². The number of benzene rings is 1. The summed E-state index contributed by atoms with van der Waals surface area (Å²) in [5.74, 6) is 0.0399. The van der Waals surface area contributed by atoms with Gasteiger partial charge in [0.25, 0.3) is 0 Å². The maximum Gasteiger partial charge on any atom is 0.237 e. The summed E-state index contributed by atoms with van der Waals surface area (Å²) < 4.78 is 2.23. The minimum Gasteiger partial charge on any atom is -0.382 e. The Morgan fingerprint density at radius 3 is 2.63 bits per heavy atom. The second-order valence-electron chi connectivity index (χ2n) is 6.32. The SMILES string of the molecule is C/C=c1/ccn(Cc2ccc(/C(N)=N/NC(C)=O)cc2)/c1=C/C=C\CCC. The number of unbranched alkanes of at least 4 members (excludes halogenated alkanes) is 1. The van der Waals surface area contributed by atoms with Crippen molar-refractivity contribution in [3.63, 3.8) is 0 Å². The summed E-state index contributed by atoms with van der Waals surface area (Å²) in [6.07, 6.45) is 13.0. The molecule has 1 amide bonds. The summed E-state index contributed by atoms with van der Waals surface area (Å²) in [6, 6.07) is 10.0. The molecule has 0 saturated carbocycles. The maximum absolute atomic E-state index is 10.9. The van der Waals surface area contributed by atoms with E-state index in [4.69, 9.17) is 5.73 Å². The fourth-order valence-corrected chi connectivity index (χ4v) is 2.68. The maximum atomic E-state index is 10.9. The Morgan fingerprint density at radius 1 is 1.26 bits per heavy atom. The van der Waals surface area contributed by atoms with E-state index < -0.39 is 0 Å². The van der Waals surface area contributed by atoms with Crippen LogP contribution >= 0.6 is 0 Å². The number of carbonyl (C=O) groups excluding carboxylic acids is 1. The number of rotatable bonds is 7. The monoisotopic (exact) mass is 364 g/mol. The van der Waals surface area contributed by atoms with Crippen LogP contribution in [0.5, 0.6) is 0 Å². The number of nitrogens with zero attached hydrogens (tertiary/aromatic N) is 2. The van der Waals surface area contributed by atoms with E-state index in [1.54, 1.807) is 0 Å². The number of nitrogens with one attached hydrogen (secondary N) is 1. The summed E-state index contributed by atoms with van der Waals surface area (Å²) in [5, 5.41) is 6.27. The van der Waals surface area contributed by atoms with Crippen LogP contribution in [0.2, 0.25) is 0 Å². The van der Waals surface area contributed by atoms with E-state index in [9.17, 15) is 4.79 Å². The Morgan fingerprint density at radius 2 is 2.00 bits per heavy atom. The van der Waals surface area contributed by atoms with Crippen molar-refractivity contribution in [3.05, 3.63) is 70.4 Å². The van der Waals surface area contributed by atoms with Gasteiger partial charge in [-0.25, -0.2) is 5.43 Å². The predicted molar refractivity (Wildman–Crippen MR) is 112 cm³/mol. The number of nitrogens with two attached hydrogens (primary N) is 1. The normalized spacial score (nSPS) is 13.5. The average molecular weight is 364 g/mol. The zero-order valence-electron chi connectivity index (χ0n) is 16.3. The van der Waals surface area contributed by atoms with Crippen LogP contribution in [0.1, 0.15) is 44.7 Å². The molecule has 1 aromatic carbocycles. The number of aromatic nitrogens is 1. The second kappa shape index (κ2) is 10.2. The third kappa shape index (κ3) is 5.99. The first-order valence-corrected chi connectivity index (χ1v) is 9.22. The molecule has 1 heterocycles. The minimum atomic E-state index is -0.248. The molecule has 0 atom stereocenters. The number of carbonyl (C=O) groups is 1. The highest BCUT2D eigenvalue weighted by Gasteiger charge is 2.02. The number of hydrogen-bond donors (Lipinski definition) is 2. The molecular formula is C22H28N4O. The van der Waals surface area contributed by atoms with Crippen LogP contribution in [0, 0.1) is 0 Å². The summed E-state index contributed by atoms with van der Waals surface area (Å²) >= 11 is 0. The lowest BCUT2D eigenvalue weighted by Crippen LogP contribution is -2.28. The van der Waals surface area contributed by atoms with E-state index in [2.05, 4.69) is 65.5 Å². The quantitative estimate of drug-likeness (QED) is 0.449. The first-order valence-electron chi connectivity index (χ1n) is 9.22. The molecule has 5 heteroatoms. The van der Waals surface area contributed by atoms with Gasteiger partial charge in [-0.05, 0) is 36.3 Å². The highest BCUT2D eigenvalue weighted by atomic mass is 16.2. The highest BCUT2D eigenvalue weighted by Crippen LogP contribution is 2.05. The van der Waals surface area contributed by atoms with Crippen molar-refractivity contribution in [3.8, 4) is 0 Å². The molecule has 0 fully saturated rings. The minimum absolute atomic E-state index is 0.248. The Balaban J connectivity index is 2.22. The Kier molecular flexibility index (Phi) is 7.62. The first-order chi connectivity index (χ1) is 13.0. The zero-order chi connectivity index (χ0) is 19.6. The van der Waals surface area contributed by atoms with Gasteiger partial charge >= 0.3 is 0 Å². The Bertz CT molecular complexity index is 934. The van der Waals surface area contributed by atoms with Crippen molar-refractivity contribution in [2.75, 3.05) is 0 Å². The van der Waals surface area contributed by atoms with Crippen molar-refractivity contribution in [1.82, 2.24) is 9.99 Å². The first kappa shape index (κ1) is 20.2. The van der Waals surface area contributed by atoms with Crippen LogP contribution in [-0.2, 0) is 11.3 Å². The van der Waals surface area contributed by atoms with Crippen molar-refractivity contribution in [2.45, 2.75) is 40.2 Å². The van der Waals surface area contributed by atoms with E-state index in [0.717, 1.165) is 30.5 Å². The Labute approximate surface area is 160 Å². The van der Waals surface area contributed by atoms with E-state index in [1.165, 1.54) is 17.5 Å². The number of amidine groups is 1. The molecule has 27 heavy (non-hydrogen) atoms. The number of hydrazone groups is 1. The van der Waals surface area contributed by atoms with Crippen molar-refractivity contribution >= 4 is 23.9 Å². The van der Waals surface area contributed by atoms with E-state index in [0.29, 0.717) is 0 Å². The van der Waals surface area contributed by atoms with Crippen molar-refractivity contribution < 1.29 is 4.79 Å². The molecule has 0 spiro atoms. The molecule has 3 N–H and O–H groups in total. The molecule has 142 valence electrons. The van der Waals surface area contributed by atoms with Crippen LogP contribution in [0.15, 0.2) is 53.8 Å². The van der Waals surface area contributed by atoms with E-state index >= 15 is 0 Å². The van der Waals surface area contributed by atoms with Gasteiger partial charge in [0.05, 0.1) is 0 Å². The fraction of sp³-hybridized carbons (Fsp3) is 0.273. The lowest BCUT2D eigenvalue weighted by atomic mass is 10.1. The summed E-state index contributed by atoms with van der Waals surface area (Å²) in [4.78, 5) is 10.9. The molecule has 0 radical (unpaired) electrons. The van der Waals surface area contributed by atoms with Gasteiger partial charge in [0.15, 0.2) is 5.84 Å². The van der Waals surface area contributed by atoms with Crippen LogP contribution in [-0.4, -0.2) is 16.3 Å². The standard InChI is InChI=1S/C22H28N4O/c1-4-6-7-8-9-21-19(5-2)14-15-26(21)16-18-10-12-20(13-11-18)22(23)25-24-17(3)27/h5,7-15H,4,6,16H2,1-3H3,(H2,23,25)(H,24,27)/b8-7-,19-5-,21-9+. The Hall–Kier alpha value is -3.08. The fourth-order valence-electron chi connectivity index (χ4n) is 2.68. The largest absolute Gasteiger partial charge is 0.382 e. The zero-order valence-corrected chi connectivity index (χ0v) is 16.3. The van der Waals surface area contributed by atoms with Gasteiger partial charge in [-0.1, -0.05) is 55.8 Å². The van der Waals surface area contributed by atoms with Crippen LogP contribution in [0.4, 0.5) is 0 Å². The van der Waals surface area contributed by atoms with Gasteiger partial charge < -0.3 is 10.3 Å². The molecule has 5 nitrogen and oxygen atoms in total. The predicted octanol–water partition coefficient (Wildman–Crippen LogP) is 2.23. The topological polar surface area (TPSA) is 72.4 Å². The molecule has 0 saturated heterocycles. The lowest BCUT2D eigenvalue weighted by Gasteiger charge is -2.06. The van der Waals surface area contributed by atoms with Crippen LogP contribution in [0.3, 0.4) is 0 Å². The van der Waals surface area contributed by atoms with Gasteiger partial charge in [-0.2, -0.15) is 5.10 Å². The van der Waals surface area contributed by atoms with Crippen LogP contribution < -0.4 is 21.7 Å². The number of hydrogen-bond acceptors (Lipinski definition) is 2. The molecule has 2 aromatic rings. The molecule has 1 aromatic heterocycles. The molecule has 0 aliphatic heterocycles. The van der Waals surface area contributed by atoms with E-state index in [-0.39, 0.29) is 11.7 Å². The molecule has 0 aliphatic carbocycles. The number of allylic oxidation sites excluding steroid dienone is 2. The van der Waals surface area contributed by atoms with Gasteiger partial charge in [-0.15, -0.1) is 0 Å². The third-order valence-corrected chi connectivity index (χ3v) is 4.13. The molecular weight excluding hydrogens is 336 g/mol. The van der Waals surface area contributed by atoms with Crippen molar-refractivity contribution in [2.24, 2.45) is 10.8 Å². The summed E-state index contributed by atoms with van der Waals surface area (Å²) in [7, 11) is 0. The molecule has 0 aliphatic rings. The van der Waals surface area contributed by atoms with Gasteiger partial charge in [0.2, 0.25) is 5.91 Å². The molecule has 0 bridgehead atoms. The molecule has 2 rings (SSSR count). The summed E-state index contributed by atoms with van der Waals surface area (Å²) in [6.45, 7) is 6.39. The summed E-state index contributed by atoms with van der Waals surface area (Å²) in [5.41, 5.74) is 10.2. The number of amides is 1.